The van der Waals surface area contributed by atoms with Gasteiger partial charge in [-0.25, -0.2) is 4.79 Å². The molecule has 15 heavy (non-hydrogen) atoms. The first-order valence-corrected chi connectivity index (χ1v) is 4.77. The van der Waals surface area contributed by atoms with Crippen molar-refractivity contribution in [2.45, 2.75) is 19.9 Å². The molecular weight excluding hydrogens is 192 g/mol. The Balaban J connectivity index is 2.42. The molecule has 1 fully saturated rings. The van der Waals surface area contributed by atoms with Gasteiger partial charge < -0.3 is 5.32 Å². The third kappa shape index (κ3) is 1.58. The van der Waals surface area contributed by atoms with Gasteiger partial charge in [-0.05, 0) is 30.5 Å². The van der Waals surface area contributed by atoms with Crippen molar-refractivity contribution in [3.05, 3.63) is 34.9 Å². The number of hydrogen-bond acceptors (Lipinski definition) is 2. The Kier molecular flexibility index (Phi) is 2.19. The number of aryl methyl sites for hydroxylation is 1. The van der Waals surface area contributed by atoms with Gasteiger partial charge in [-0.1, -0.05) is 18.2 Å². The third-order valence-corrected chi connectivity index (χ3v) is 2.73. The second-order valence-corrected chi connectivity index (χ2v) is 3.68. The lowest BCUT2D eigenvalue weighted by Gasteiger charge is -2.12. The van der Waals surface area contributed by atoms with E-state index in [0.29, 0.717) is 0 Å². The summed E-state index contributed by atoms with van der Waals surface area (Å²) in [6.07, 6.45) is 0. The Morgan fingerprint density at radius 2 is 1.93 bits per heavy atom. The van der Waals surface area contributed by atoms with E-state index in [1.807, 2.05) is 32.0 Å². The second-order valence-electron chi connectivity index (χ2n) is 3.68. The maximum absolute atomic E-state index is 11.5. The van der Waals surface area contributed by atoms with Crippen molar-refractivity contribution in [3.8, 4) is 0 Å². The van der Waals surface area contributed by atoms with Gasteiger partial charge in [0, 0.05) is 0 Å². The Bertz CT molecular complexity index is 440. The van der Waals surface area contributed by atoms with E-state index in [4.69, 9.17) is 0 Å². The summed E-state index contributed by atoms with van der Waals surface area (Å²) in [7, 11) is 0. The largest absolute Gasteiger partial charge is 0.322 e. The molecule has 2 rings (SSSR count). The molecule has 0 spiro atoms. The van der Waals surface area contributed by atoms with Gasteiger partial charge in [0.15, 0.2) is 0 Å². The van der Waals surface area contributed by atoms with E-state index in [1.54, 1.807) is 0 Å². The zero-order chi connectivity index (χ0) is 11.0. The molecule has 1 aliphatic rings. The monoisotopic (exact) mass is 204 g/mol. The lowest BCUT2D eigenvalue weighted by atomic mass is 9.98. The van der Waals surface area contributed by atoms with Crippen LogP contribution >= 0.6 is 0 Å². The smallest absolute Gasteiger partial charge is 0.322 e. The summed E-state index contributed by atoms with van der Waals surface area (Å²) in [5.41, 5.74) is 3.01. The minimum atomic E-state index is -0.544. The number of imide groups is 1. The van der Waals surface area contributed by atoms with E-state index >= 15 is 0 Å². The van der Waals surface area contributed by atoms with Crippen molar-refractivity contribution in [2.24, 2.45) is 0 Å². The number of hydrogen-bond donors (Lipinski definition) is 2. The fraction of sp³-hybridized carbons (Fsp3) is 0.273. The number of benzene rings is 1. The number of urea groups is 1. The summed E-state index contributed by atoms with van der Waals surface area (Å²) >= 11 is 0. The van der Waals surface area contributed by atoms with E-state index in [1.165, 1.54) is 0 Å². The fourth-order valence-electron chi connectivity index (χ4n) is 1.72. The van der Waals surface area contributed by atoms with Crippen LogP contribution in [-0.4, -0.2) is 11.9 Å². The minimum absolute atomic E-state index is 0.284. The van der Waals surface area contributed by atoms with Crippen LogP contribution in [0.3, 0.4) is 0 Å². The van der Waals surface area contributed by atoms with Gasteiger partial charge in [0.2, 0.25) is 0 Å². The van der Waals surface area contributed by atoms with Gasteiger partial charge in [-0.15, -0.1) is 0 Å². The standard InChI is InChI=1S/C11H12N2O2/c1-6-4-3-5-8(7(6)2)9-10(14)13-11(15)12-9/h3-5,9H,1-2H3,(H2,12,13,14,15). The highest BCUT2D eigenvalue weighted by atomic mass is 16.2. The van der Waals surface area contributed by atoms with Crippen molar-refractivity contribution < 1.29 is 9.59 Å². The Labute approximate surface area is 87.7 Å². The van der Waals surface area contributed by atoms with E-state index in [-0.39, 0.29) is 5.91 Å². The predicted molar refractivity (Wildman–Crippen MR) is 55.3 cm³/mol. The van der Waals surface area contributed by atoms with Gasteiger partial charge in [0.25, 0.3) is 5.91 Å². The first kappa shape index (κ1) is 9.71. The molecule has 4 nitrogen and oxygen atoms in total. The third-order valence-electron chi connectivity index (χ3n) is 2.73. The van der Waals surface area contributed by atoms with Gasteiger partial charge in [-0.3, -0.25) is 10.1 Å². The van der Waals surface area contributed by atoms with Crippen LogP contribution in [0.4, 0.5) is 4.79 Å². The van der Waals surface area contributed by atoms with Crippen molar-refractivity contribution in [3.63, 3.8) is 0 Å². The molecule has 0 radical (unpaired) electrons. The molecule has 4 heteroatoms. The quantitative estimate of drug-likeness (QED) is 0.675. The van der Waals surface area contributed by atoms with Crippen LogP contribution in [0.2, 0.25) is 0 Å². The summed E-state index contributed by atoms with van der Waals surface area (Å²) in [4.78, 5) is 22.4. The Morgan fingerprint density at radius 3 is 2.53 bits per heavy atom. The molecule has 2 N–H and O–H groups in total. The van der Waals surface area contributed by atoms with E-state index in [2.05, 4.69) is 10.6 Å². The lowest BCUT2D eigenvalue weighted by Crippen LogP contribution is -2.22. The second kappa shape index (κ2) is 3.38. The number of carbonyl (C=O) groups is 2. The Morgan fingerprint density at radius 1 is 1.20 bits per heavy atom. The summed E-state index contributed by atoms with van der Waals surface area (Å²) in [6.45, 7) is 3.93. The van der Waals surface area contributed by atoms with Gasteiger partial charge in [0.05, 0.1) is 0 Å². The van der Waals surface area contributed by atoms with Crippen LogP contribution in [0.25, 0.3) is 0 Å². The van der Waals surface area contributed by atoms with E-state index in [9.17, 15) is 9.59 Å². The van der Waals surface area contributed by atoms with Crippen LogP contribution in [0.5, 0.6) is 0 Å². The van der Waals surface area contributed by atoms with Crippen LogP contribution in [0, 0.1) is 13.8 Å². The number of nitrogens with one attached hydrogen (secondary N) is 2. The first-order chi connectivity index (χ1) is 7.09. The molecule has 1 aromatic rings. The van der Waals surface area contributed by atoms with Crippen molar-refractivity contribution in [1.82, 2.24) is 10.6 Å². The maximum Gasteiger partial charge on any atom is 0.322 e. The minimum Gasteiger partial charge on any atom is -0.322 e. The summed E-state index contributed by atoms with van der Waals surface area (Å²) in [6, 6.07) is 4.75. The molecule has 0 bridgehead atoms. The molecular formula is C11H12N2O2. The predicted octanol–water partition coefficient (Wildman–Crippen LogP) is 1.18. The molecule has 1 unspecified atom stereocenters. The molecule has 78 valence electrons. The average Bonchev–Trinajstić information content (AvgIpc) is 2.50. The fourth-order valence-corrected chi connectivity index (χ4v) is 1.72. The molecule has 0 saturated carbocycles. The van der Waals surface area contributed by atoms with Crippen LogP contribution in [0.15, 0.2) is 18.2 Å². The van der Waals surface area contributed by atoms with E-state index in [0.717, 1.165) is 16.7 Å². The zero-order valence-corrected chi connectivity index (χ0v) is 8.63. The molecule has 0 aliphatic carbocycles. The normalized spacial score (nSPS) is 20.0. The topological polar surface area (TPSA) is 58.2 Å². The molecule has 1 aromatic carbocycles. The summed E-state index contributed by atoms with van der Waals surface area (Å²) in [5.74, 6) is -0.284. The number of rotatable bonds is 1. The summed E-state index contributed by atoms with van der Waals surface area (Å²) < 4.78 is 0. The molecule has 1 saturated heterocycles. The van der Waals surface area contributed by atoms with Crippen LogP contribution in [0.1, 0.15) is 22.7 Å². The number of carbonyl (C=O) groups excluding carboxylic acids is 2. The highest BCUT2D eigenvalue weighted by Crippen LogP contribution is 2.22. The first-order valence-electron chi connectivity index (χ1n) is 4.77. The zero-order valence-electron chi connectivity index (χ0n) is 8.63. The van der Waals surface area contributed by atoms with Crippen molar-refractivity contribution >= 4 is 11.9 Å². The molecule has 3 amide bonds. The van der Waals surface area contributed by atoms with Crippen molar-refractivity contribution in [1.29, 1.82) is 0 Å². The van der Waals surface area contributed by atoms with Crippen LogP contribution in [-0.2, 0) is 4.79 Å². The lowest BCUT2D eigenvalue weighted by molar-refractivity contribution is -0.120. The SMILES string of the molecule is Cc1cccc(C2NC(=O)NC2=O)c1C. The molecule has 1 aliphatic heterocycles. The molecule has 0 aromatic heterocycles. The van der Waals surface area contributed by atoms with Gasteiger partial charge >= 0.3 is 6.03 Å². The van der Waals surface area contributed by atoms with E-state index < -0.39 is 12.1 Å². The highest BCUT2D eigenvalue weighted by molar-refractivity contribution is 6.04. The van der Waals surface area contributed by atoms with Gasteiger partial charge in [0.1, 0.15) is 6.04 Å². The average molecular weight is 204 g/mol. The molecule has 1 heterocycles. The highest BCUT2D eigenvalue weighted by Gasteiger charge is 2.31. The number of amides is 3. The Hall–Kier alpha value is -1.84. The van der Waals surface area contributed by atoms with Crippen molar-refractivity contribution in [2.75, 3.05) is 0 Å². The maximum atomic E-state index is 11.5. The van der Waals surface area contributed by atoms with Crippen LogP contribution < -0.4 is 10.6 Å². The molecule has 1 atom stereocenters. The summed E-state index contributed by atoms with van der Waals surface area (Å²) in [5, 5.41) is 4.81. The van der Waals surface area contributed by atoms with Gasteiger partial charge in [-0.2, -0.15) is 0 Å².